The van der Waals surface area contributed by atoms with Crippen molar-refractivity contribution in [2.75, 3.05) is 13.1 Å². The van der Waals surface area contributed by atoms with Crippen LogP contribution in [0.3, 0.4) is 0 Å². The minimum Gasteiger partial charge on any atom is -0.353 e. The average Bonchev–Trinajstić information content (AvgIpc) is 2.29. The summed E-state index contributed by atoms with van der Waals surface area (Å²) >= 11 is 0. The zero-order chi connectivity index (χ0) is 8.60. The Morgan fingerprint density at radius 3 is 2.46 bits per heavy atom. The van der Waals surface area contributed by atoms with Gasteiger partial charge in [-0.25, -0.2) is 0 Å². The summed E-state index contributed by atoms with van der Waals surface area (Å²) in [5.74, 6) is 0.288. The highest BCUT2D eigenvalue weighted by atomic mass is 35.5. The second kappa shape index (κ2) is 3.84. The second-order valence-corrected chi connectivity index (χ2v) is 4.11. The van der Waals surface area contributed by atoms with Gasteiger partial charge >= 0.3 is 0 Å². The third-order valence-corrected chi connectivity index (χ3v) is 3.12. The summed E-state index contributed by atoms with van der Waals surface area (Å²) in [5, 5.41) is 6.30. The van der Waals surface area contributed by atoms with Gasteiger partial charge in [0.2, 0.25) is 5.91 Å². The lowest BCUT2D eigenvalue weighted by atomic mass is 9.77. The maximum absolute atomic E-state index is 11.6. The fourth-order valence-electron chi connectivity index (χ4n) is 2.44. The van der Waals surface area contributed by atoms with Crippen LogP contribution in [-0.4, -0.2) is 25.0 Å². The fraction of sp³-hybridized carbons (Fsp3) is 0.889. The molecule has 2 saturated heterocycles. The molecule has 3 nitrogen and oxygen atoms in total. The summed E-state index contributed by atoms with van der Waals surface area (Å²) in [6.45, 7) is 4.09. The van der Waals surface area contributed by atoms with Crippen LogP contribution in [0.1, 0.15) is 26.2 Å². The predicted molar refractivity (Wildman–Crippen MR) is 54.0 cm³/mol. The zero-order valence-electron chi connectivity index (χ0n) is 7.93. The van der Waals surface area contributed by atoms with E-state index in [0.29, 0.717) is 6.04 Å². The van der Waals surface area contributed by atoms with Crippen LogP contribution in [0.4, 0.5) is 0 Å². The van der Waals surface area contributed by atoms with Crippen molar-refractivity contribution in [3.63, 3.8) is 0 Å². The molecule has 2 N–H and O–H groups in total. The lowest BCUT2D eigenvalue weighted by Gasteiger charge is -2.30. The van der Waals surface area contributed by atoms with Crippen molar-refractivity contribution in [3.05, 3.63) is 0 Å². The first-order valence-corrected chi connectivity index (χ1v) is 4.75. The van der Waals surface area contributed by atoms with Gasteiger partial charge in [-0.3, -0.25) is 4.79 Å². The molecule has 13 heavy (non-hydrogen) atoms. The van der Waals surface area contributed by atoms with Crippen LogP contribution >= 0.6 is 12.4 Å². The summed E-state index contributed by atoms with van der Waals surface area (Å²) < 4.78 is 0. The van der Waals surface area contributed by atoms with Crippen molar-refractivity contribution in [2.24, 2.45) is 5.41 Å². The molecule has 0 aliphatic carbocycles. The van der Waals surface area contributed by atoms with Crippen LogP contribution in [0.5, 0.6) is 0 Å². The fourth-order valence-corrected chi connectivity index (χ4v) is 2.44. The SMILES string of the molecule is C[C@H]1CC2(CCNCC2)C(=O)N1.Cl. The summed E-state index contributed by atoms with van der Waals surface area (Å²) in [4.78, 5) is 11.6. The van der Waals surface area contributed by atoms with Gasteiger partial charge in [0.15, 0.2) is 0 Å². The van der Waals surface area contributed by atoms with Gasteiger partial charge in [0.1, 0.15) is 0 Å². The number of hydrogen-bond donors (Lipinski definition) is 2. The molecule has 0 saturated carbocycles. The highest BCUT2D eigenvalue weighted by molar-refractivity contribution is 5.85. The molecule has 2 fully saturated rings. The highest BCUT2D eigenvalue weighted by Crippen LogP contribution is 2.38. The van der Waals surface area contributed by atoms with Crippen molar-refractivity contribution in [3.8, 4) is 0 Å². The van der Waals surface area contributed by atoms with Crippen molar-refractivity contribution in [2.45, 2.75) is 32.2 Å². The molecule has 76 valence electrons. The quantitative estimate of drug-likeness (QED) is 0.610. The molecule has 0 aromatic carbocycles. The van der Waals surface area contributed by atoms with Crippen LogP contribution < -0.4 is 10.6 Å². The number of carbonyl (C=O) groups excluding carboxylic acids is 1. The van der Waals surface area contributed by atoms with Crippen LogP contribution in [0.2, 0.25) is 0 Å². The van der Waals surface area contributed by atoms with Crippen molar-refractivity contribution < 1.29 is 4.79 Å². The molecule has 2 heterocycles. The van der Waals surface area contributed by atoms with Gasteiger partial charge in [-0.15, -0.1) is 12.4 Å². The Morgan fingerprint density at radius 1 is 1.38 bits per heavy atom. The lowest BCUT2D eigenvalue weighted by Crippen LogP contribution is -2.41. The minimum absolute atomic E-state index is 0. The van der Waals surface area contributed by atoms with Gasteiger partial charge in [-0.05, 0) is 39.3 Å². The molecule has 2 rings (SSSR count). The predicted octanol–water partition coefficient (Wildman–Crippen LogP) is 0.686. The van der Waals surface area contributed by atoms with Crippen LogP contribution in [0, 0.1) is 5.41 Å². The number of halogens is 1. The van der Waals surface area contributed by atoms with E-state index in [4.69, 9.17) is 0 Å². The van der Waals surface area contributed by atoms with Gasteiger partial charge in [-0.2, -0.15) is 0 Å². The number of piperidine rings is 1. The molecular weight excluding hydrogens is 188 g/mol. The highest BCUT2D eigenvalue weighted by Gasteiger charge is 2.45. The van der Waals surface area contributed by atoms with Crippen LogP contribution in [-0.2, 0) is 4.79 Å². The Morgan fingerprint density at radius 2 is 2.00 bits per heavy atom. The average molecular weight is 205 g/mol. The van der Waals surface area contributed by atoms with E-state index in [1.165, 1.54) is 0 Å². The van der Waals surface area contributed by atoms with E-state index in [0.717, 1.165) is 32.4 Å². The largest absolute Gasteiger partial charge is 0.353 e. The Kier molecular flexibility index (Phi) is 3.19. The van der Waals surface area contributed by atoms with E-state index in [9.17, 15) is 4.79 Å². The Balaban J connectivity index is 0.000000845. The Labute approximate surface area is 85.1 Å². The minimum atomic E-state index is -0.00926. The van der Waals surface area contributed by atoms with Gasteiger partial charge in [-0.1, -0.05) is 0 Å². The molecule has 1 amide bonds. The maximum atomic E-state index is 11.6. The third-order valence-electron chi connectivity index (χ3n) is 3.12. The third kappa shape index (κ3) is 1.81. The first-order valence-electron chi connectivity index (χ1n) is 4.75. The molecule has 2 aliphatic rings. The van der Waals surface area contributed by atoms with Crippen LogP contribution in [0.15, 0.2) is 0 Å². The Hall–Kier alpha value is -0.280. The normalized spacial score (nSPS) is 31.2. The van der Waals surface area contributed by atoms with Gasteiger partial charge in [0.25, 0.3) is 0 Å². The molecule has 1 atom stereocenters. The molecule has 0 aromatic heterocycles. The second-order valence-electron chi connectivity index (χ2n) is 4.11. The van der Waals surface area contributed by atoms with E-state index >= 15 is 0 Å². The van der Waals surface area contributed by atoms with Crippen molar-refractivity contribution >= 4 is 18.3 Å². The van der Waals surface area contributed by atoms with E-state index in [2.05, 4.69) is 17.6 Å². The summed E-state index contributed by atoms with van der Waals surface area (Å²) in [7, 11) is 0. The number of amides is 1. The van der Waals surface area contributed by atoms with Crippen molar-refractivity contribution in [1.82, 2.24) is 10.6 Å². The number of nitrogens with one attached hydrogen (secondary N) is 2. The number of hydrogen-bond acceptors (Lipinski definition) is 2. The topological polar surface area (TPSA) is 41.1 Å². The molecule has 0 radical (unpaired) electrons. The molecular formula is C9H17ClN2O. The van der Waals surface area contributed by atoms with E-state index in [-0.39, 0.29) is 23.7 Å². The molecule has 0 aromatic rings. The monoisotopic (exact) mass is 204 g/mol. The number of carbonyl (C=O) groups is 1. The van der Waals surface area contributed by atoms with E-state index in [1.807, 2.05) is 0 Å². The van der Waals surface area contributed by atoms with Crippen LogP contribution in [0.25, 0.3) is 0 Å². The van der Waals surface area contributed by atoms with E-state index in [1.54, 1.807) is 0 Å². The Bertz CT molecular complexity index is 202. The zero-order valence-corrected chi connectivity index (χ0v) is 8.75. The van der Waals surface area contributed by atoms with Gasteiger partial charge in [0.05, 0.1) is 5.41 Å². The standard InChI is InChI=1S/C9H16N2O.ClH/c1-7-6-9(8(12)11-7)2-4-10-5-3-9;/h7,10H,2-6H2,1H3,(H,11,12);1H/t7-;/m0./s1. The molecule has 1 spiro atoms. The first-order chi connectivity index (χ1) is 5.73. The van der Waals surface area contributed by atoms with Crippen molar-refractivity contribution in [1.29, 1.82) is 0 Å². The lowest BCUT2D eigenvalue weighted by molar-refractivity contribution is -0.128. The molecule has 0 unspecified atom stereocenters. The van der Waals surface area contributed by atoms with Gasteiger partial charge in [0, 0.05) is 6.04 Å². The summed E-state index contributed by atoms with van der Waals surface area (Å²) in [5.41, 5.74) is -0.00926. The summed E-state index contributed by atoms with van der Waals surface area (Å²) in [6.07, 6.45) is 3.07. The maximum Gasteiger partial charge on any atom is 0.226 e. The van der Waals surface area contributed by atoms with E-state index < -0.39 is 0 Å². The first kappa shape index (κ1) is 10.8. The molecule has 4 heteroatoms. The molecule has 0 bridgehead atoms. The smallest absolute Gasteiger partial charge is 0.226 e. The molecule has 2 aliphatic heterocycles. The van der Waals surface area contributed by atoms with Gasteiger partial charge < -0.3 is 10.6 Å². The number of rotatable bonds is 0. The summed E-state index contributed by atoms with van der Waals surface area (Å²) in [6, 6.07) is 0.385.